The number of nitrogen functional groups attached to an aromatic ring is 1. The molecule has 0 amide bonds. The van der Waals surface area contributed by atoms with E-state index in [2.05, 4.69) is 11.1 Å². The molecule has 3 heteroatoms. The third kappa shape index (κ3) is 1.86. The number of nitriles is 1. The lowest BCUT2D eigenvalue weighted by Gasteiger charge is -2.05. The van der Waals surface area contributed by atoms with Gasteiger partial charge in [0, 0.05) is 17.6 Å². The van der Waals surface area contributed by atoms with Crippen LogP contribution >= 0.6 is 0 Å². The summed E-state index contributed by atoms with van der Waals surface area (Å²) in [5.41, 5.74) is 9.65. The van der Waals surface area contributed by atoms with Crippen molar-refractivity contribution in [3.05, 3.63) is 47.8 Å². The first kappa shape index (κ1) is 10.2. The quantitative estimate of drug-likeness (QED) is 0.734. The number of benzene rings is 1. The first-order chi connectivity index (χ1) is 7.70. The molecule has 2 N–H and O–H groups in total. The van der Waals surface area contributed by atoms with Crippen LogP contribution in [0.5, 0.6) is 0 Å². The molecule has 1 aromatic carbocycles. The Bertz CT molecular complexity index is 568. The summed E-state index contributed by atoms with van der Waals surface area (Å²) in [4.78, 5) is 4.13. The summed E-state index contributed by atoms with van der Waals surface area (Å²) < 4.78 is 0. The van der Waals surface area contributed by atoms with Crippen LogP contribution in [-0.4, -0.2) is 4.98 Å². The van der Waals surface area contributed by atoms with Crippen molar-refractivity contribution in [3.63, 3.8) is 0 Å². The topological polar surface area (TPSA) is 62.7 Å². The summed E-state index contributed by atoms with van der Waals surface area (Å²) >= 11 is 0. The summed E-state index contributed by atoms with van der Waals surface area (Å²) in [5.74, 6) is 0. The Hall–Kier alpha value is -2.34. The van der Waals surface area contributed by atoms with Crippen LogP contribution in [0.3, 0.4) is 0 Å². The zero-order valence-corrected chi connectivity index (χ0v) is 8.94. The van der Waals surface area contributed by atoms with Gasteiger partial charge in [-0.3, -0.25) is 4.98 Å². The Morgan fingerprint density at radius 1 is 1.25 bits per heavy atom. The van der Waals surface area contributed by atoms with Crippen LogP contribution < -0.4 is 5.73 Å². The maximum absolute atomic E-state index is 9.05. The SMILES string of the molecule is Cc1cc(-c2ccc(N)cc2C#N)ccn1. The molecular weight excluding hydrogens is 198 g/mol. The van der Waals surface area contributed by atoms with Gasteiger partial charge in [0.25, 0.3) is 0 Å². The number of rotatable bonds is 1. The first-order valence-electron chi connectivity index (χ1n) is 4.93. The molecule has 0 fully saturated rings. The molecule has 0 spiro atoms. The van der Waals surface area contributed by atoms with E-state index in [1.54, 1.807) is 18.3 Å². The number of pyridine rings is 1. The van der Waals surface area contributed by atoms with Crippen molar-refractivity contribution >= 4 is 5.69 Å². The molecule has 16 heavy (non-hydrogen) atoms. The monoisotopic (exact) mass is 209 g/mol. The number of nitrogens with zero attached hydrogens (tertiary/aromatic N) is 2. The van der Waals surface area contributed by atoms with Gasteiger partial charge in [0.15, 0.2) is 0 Å². The molecule has 0 aliphatic heterocycles. The third-order valence-electron chi connectivity index (χ3n) is 2.37. The van der Waals surface area contributed by atoms with Gasteiger partial charge >= 0.3 is 0 Å². The van der Waals surface area contributed by atoms with E-state index >= 15 is 0 Å². The second-order valence-corrected chi connectivity index (χ2v) is 3.60. The van der Waals surface area contributed by atoms with E-state index in [-0.39, 0.29) is 0 Å². The fraction of sp³-hybridized carbons (Fsp3) is 0.0769. The number of hydrogen-bond donors (Lipinski definition) is 1. The average molecular weight is 209 g/mol. The maximum Gasteiger partial charge on any atom is 0.0998 e. The van der Waals surface area contributed by atoms with Crippen LogP contribution in [0.2, 0.25) is 0 Å². The molecule has 1 heterocycles. The maximum atomic E-state index is 9.05. The predicted molar refractivity (Wildman–Crippen MR) is 63.5 cm³/mol. The molecule has 1 aromatic heterocycles. The van der Waals surface area contributed by atoms with E-state index in [0.29, 0.717) is 11.3 Å². The van der Waals surface area contributed by atoms with Gasteiger partial charge in [0.05, 0.1) is 11.6 Å². The average Bonchev–Trinajstić information content (AvgIpc) is 2.28. The summed E-state index contributed by atoms with van der Waals surface area (Å²) in [7, 11) is 0. The summed E-state index contributed by atoms with van der Waals surface area (Å²) in [5, 5.41) is 9.05. The second kappa shape index (κ2) is 4.03. The van der Waals surface area contributed by atoms with Gasteiger partial charge in [0.1, 0.15) is 0 Å². The zero-order chi connectivity index (χ0) is 11.5. The van der Waals surface area contributed by atoms with Crippen molar-refractivity contribution in [1.29, 1.82) is 5.26 Å². The van der Waals surface area contributed by atoms with E-state index in [4.69, 9.17) is 11.0 Å². The molecule has 0 saturated carbocycles. The number of anilines is 1. The number of aromatic nitrogens is 1. The van der Waals surface area contributed by atoms with Crippen LogP contribution in [0, 0.1) is 18.3 Å². The van der Waals surface area contributed by atoms with Crippen molar-refractivity contribution in [2.75, 3.05) is 5.73 Å². The van der Waals surface area contributed by atoms with Gasteiger partial charge < -0.3 is 5.73 Å². The highest BCUT2D eigenvalue weighted by atomic mass is 14.6. The molecule has 0 radical (unpaired) electrons. The number of hydrogen-bond acceptors (Lipinski definition) is 3. The molecule has 2 rings (SSSR count). The number of aryl methyl sites for hydroxylation is 1. The highest BCUT2D eigenvalue weighted by Gasteiger charge is 2.05. The standard InChI is InChI=1S/C13H11N3/c1-9-6-10(4-5-16-9)13-3-2-12(15)7-11(13)8-14/h2-7H,15H2,1H3. The Kier molecular flexibility index (Phi) is 2.57. The van der Waals surface area contributed by atoms with Crippen LogP contribution in [0.4, 0.5) is 5.69 Å². The lowest BCUT2D eigenvalue weighted by Crippen LogP contribution is -1.90. The van der Waals surface area contributed by atoms with Gasteiger partial charge in [-0.1, -0.05) is 6.07 Å². The van der Waals surface area contributed by atoms with Gasteiger partial charge in [-0.25, -0.2) is 0 Å². The Morgan fingerprint density at radius 2 is 2.06 bits per heavy atom. The summed E-state index contributed by atoms with van der Waals surface area (Å²) in [6.07, 6.45) is 1.74. The van der Waals surface area contributed by atoms with Crippen LogP contribution in [-0.2, 0) is 0 Å². The van der Waals surface area contributed by atoms with Gasteiger partial charge in [-0.2, -0.15) is 5.26 Å². The highest BCUT2D eigenvalue weighted by molar-refractivity contribution is 5.72. The van der Waals surface area contributed by atoms with E-state index in [1.807, 2.05) is 25.1 Å². The Morgan fingerprint density at radius 3 is 2.75 bits per heavy atom. The zero-order valence-electron chi connectivity index (χ0n) is 8.94. The van der Waals surface area contributed by atoms with E-state index in [1.165, 1.54) is 0 Å². The van der Waals surface area contributed by atoms with E-state index < -0.39 is 0 Å². The lowest BCUT2D eigenvalue weighted by molar-refractivity contribution is 1.20. The molecule has 0 aliphatic rings. The van der Waals surface area contributed by atoms with Crippen molar-refractivity contribution < 1.29 is 0 Å². The third-order valence-corrected chi connectivity index (χ3v) is 2.37. The highest BCUT2D eigenvalue weighted by Crippen LogP contribution is 2.25. The molecule has 0 atom stereocenters. The first-order valence-corrected chi connectivity index (χ1v) is 4.93. The normalized spacial score (nSPS) is 9.75. The van der Waals surface area contributed by atoms with Crippen molar-refractivity contribution in [1.82, 2.24) is 4.98 Å². The van der Waals surface area contributed by atoms with Crippen LogP contribution in [0.25, 0.3) is 11.1 Å². The Balaban J connectivity index is 2.61. The van der Waals surface area contributed by atoms with Crippen LogP contribution in [0.15, 0.2) is 36.5 Å². The number of nitrogens with two attached hydrogens (primary N) is 1. The molecule has 0 bridgehead atoms. The van der Waals surface area contributed by atoms with Gasteiger partial charge in [0.2, 0.25) is 0 Å². The van der Waals surface area contributed by atoms with Gasteiger partial charge in [-0.05, 0) is 42.3 Å². The minimum Gasteiger partial charge on any atom is -0.399 e. The molecular formula is C13H11N3. The Labute approximate surface area is 94.2 Å². The van der Waals surface area contributed by atoms with Crippen LogP contribution in [0.1, 0.15) is 11.3 Å². The second-order valence-electron chi connectivity index (χ2n) is 3.60. The molecule has 78 valence electrons. The molecule has 0 aliphatic carbocycles. The van der Waals surface area contributed by atoms with Gasteiger partial charge in [-0.15, -0.1) is 0 Å². The molecule has 3 nitrogen and oxygen atoms in total. The summed E-state index contributed by atoms with van der Waals surface area (Å²) in [6, 6.07) is 11.3. The van der Waals surface area contributed by atoms with Crippen molar-refractivity contribution in [2.24, 2.45) is 0 Å². The fourth-order valence-electron chi connectivity index (χ4n) is 1.62. The van der Waals surface area contributed by atoms with E-state index in [9.17, 15) is 0 Å². The minimum atomic E-state index is 0.589. The smallest absolute Gasteiger partial charge is 0.0998 e. The van der Waals surface area contributed by atoms with Crippen molar-refractivity contribution in [3.8, 4) is 17.2 Å². The van der Waals surface area contributed by atoms with Crippen molar-refractivity contribution in [2.45, 2.75) is 6.92 Å². The molecule has 0 saturated heterocycles. The lowest BCUT2D eigenvalue weighted by atomic mass is 10.0. The molecule has 0 unspecified atom stereocenters. The predicted octanol–water partition coefficient (Wildman–Crippen LogP) is 2.51. The summed E-state index contributed by atoms with van der Waals surface area (Å²) in [6.45, 7) is 1.92. The van der Waals surface area contributed by atoms with E-state index in [0.717, 1.165) is 16.8 Å². The minimum absolute atomic E-state index is 0.589. The molecule has 2 aromatic rings. The fourth-order valence-corrected chi connectivity index (χ4v) is 1.62. The largest absolute Gasteiger partial charge is 0.399 e.